The van der Waals surface area contributed by atoms with Crippen molar-refractivity contribution in [3.63, 3.8) is 0 Å². The Kier molecular flexibility index (Phi) is 5.61. The summed E-state index contributed by atoms with van der Waals surface area (Å²) in [7, 11) is -3.37. The van der Waals surface area contributed by atoms with Crippen LogP contribution in [0, 0.1) is 11.3 Å². The highest BCUT2D eigenvalue weighted by Crippen LogP contribution is 2.43. The van der Waals surface area contributed by atoms with Gasteiger partial charge in [0.2, 0.25) is 10.0 Å². The van der Waals surface area contributed by atoms with Crippen LogP contribution in [0.3, 0.4) is 0 Å². The van der Waals surface area contributed by atoms with Crippen LogP contribution in [0.2, 0.25) is 0 Å². The molecule has 0 radical (unpaired) electrons. The third-order valence-electron chi connectivity index (χ3n) is 7.19. The van der Waals surface area contributed by atoms with Gasteiger partial charge >= 0.3 is 6.01 Å². The number of hydrogen-bond donors (Lipinski definition) is 1. The maximum atomic E-state index is 12.5. The van der Waals surface area contributed by atoms with Crippen molar-refractivity contribution in [1.29, 1.82) is 5.26 Å². The van der Waals surface area contributed by atoms with Gasteiger partial charge in [0.1, 0.15) is 11.8 Å². The molecule has 0 amide bonds. The Hall–Kier alpha value is -3.90. The quantitative estimate of drug-likeness (QED) is 0.345. The minimum Gasteiger partial charge on any atom is -0.424 e. The number of nitriles is 1. The summed E-state index contributed by atoms with van der Waals surface area (Å²) in [5.74, 6) is 0.559. The second kappa shape index (κ2) is 8.95. The molecule has 2 aliphatic rings. The molecule has 6 rings (SSSR count). The molecule has 2 heterocycles. The minimum atomic E-state index is -3.37. The minimum absolute atomic E-state index is 0.244. The molecule has 9 heteroatoms. The molecule has 2 aromatic heterocycles. The van der Waals surface area contributed by atoms with E-state index in [1.54, 1.807) is 30.6 Å². The molecular formula is C27H25N5O3S. The van der Waals surface area contributed by atoms with E-state index in [9.17, 15) is 13.7 Å². The van der Waals surface area contributed by atoms with E-state index in [1.807, 2.05) is 30.3 Å². The smallest absolute Gasteiger partial charge is 0.321 e. The molecule has 4 aromatic rings. The summed E-state index contributed by atoms with van der Waals surface area (Å²) in [6.45, 7) is 0. The lowest BCUT2D eigenvalue weighted by atomic mass is 9.92. The lowest BCUT2D eigenvalue weighted by molar-refractivity contribution is 0.324. The summed E-state index contributed by atoms with van der Waals surface area (Å²) in [4.78, 5) is 8.24. The number of rotatable bonds is 7. The normalized spacial score (nSPS) is 16.2. The number of benzene rings is 2. The number of hydrogen-bond acceptors (Lipinski definition) is 6. The van der Waals surface area contributed by atoms with Crippen LogP contribution in [0.15, 0.2) is 60.9 Å². The number of fused-ring (bicyclic) bond motifs is 1. The highest BCUT2D eigenvalue weighted by molar-refractivity contribution is 7.93. The van der Waals surface area contributed by atoms with Crippen molar-refractivity contribution in [2.75, 3.05) is 4.72 Å². The van der Waals surface area contributed by atoms with Crippen LogP contribution in [0.25, 0.3) is 22.2 Å². The molecule has 0 unspecified atom stereocenters. The van der Waals surface area contributed by atoms with Gasteiger partial charge in [-0.15, -0.1) is 0 Å². The summed E-state index contributed by atoms with van der Waals surface area (Å²) >= 11 is 0. The first-order valence-electron chi connectivity index (χ1n) is 12.2. The van der Waals surface area contributed by atoms with Gasteiger partial charge in [0.05, 0.1) is 22.0 Å². The fourth-order valence-electron chi connectivity index (χ4n) is 4.85. The molecule has 0 spiro atoms. The van der Waals surface area contributed by atoms with Crippen molar-refractivity contribution in [2.24, 2.45) is 0 Å². The summed E-state index contributed by atoms with van der Waals surface area (Å²) in [6, 6.07) is 17.7. The van der Waals surface area contributed by atoms with E-state index < -0.39 is 10.0 Å². The Bertz CT molecular complexity index is 1570. The van der Waals surface area contributed by atoms with Gasteiger partial charge < -0.3 is 9.30 Å². The van der Waals surface area contributed by atoms with Crippen molar-refractivity contribution < 1.29 is 13.2 Å². The number of anilines is 1. The van der Waals surface area contributed by atoms with E-state index in [2.05, 4.69) is 25.3 Å². The number of nitrogens with one attached hydrogen (secondary N) is 1. The highest BCUT2D eigenvalue weighted by Gasteiger charge is 2.31. The third-order valence-corrected chi connectivity index (χ3v) is 9.06. The molecule has 0 atom stereocenters. The molecule has 0 aliphatic heterocycles. The highest BCUT2D eigenvalue weighted by atomic mass is 32.2. The fourth-order valence-corrected chi connectivity index (χ4v) is 6.43. The Balaban J connectivity index is 1.40. The van der Waals surface area contributed by atoms with E-state index >= 15 is 0 Å². The van der Waals surface area contributed by atoms with Gasteiger partial charge in [-0.3, -0.25) is 4.72 Å². The van der Waals surface area contributed by atoms with Gasteiger partial charge in [-0.05, 0) is 74.1 Å². The van der Waals surface area contributed by atoms with Crippen LogP contribution < -0.4 is 9.46 Å². The zero-order valence-corrected chi connectivity index (χ0v) is 20.4. The van der Waals surface area contributed by atoms with Crippen molar-refractivity contribution >= 4 is 26.6 Å². The zero-order chi connectivity index (χ0) is 24.7. The molecule has 1 N–H and O–H groups in total. The molecule has 8 nitrogen and oxygen atoms in total. The van der Waals surface area contributed by atoms with Crippen LogP contribution in [-0.2, 0) is 10.0 Å². The molecule has 182 valence electrons. The number of aromatic nitrogens is 3. The Morgan fingerprint density at radius 1 is 1.00 bits per heavy atom. The third kappa shape index (κ3) is 3.97. The predicted molar refractivity (Wildman–Crippen MR) is 137 cm³/mol. The molecule has 0 saturated heterocycles. The lowest BCUT2D eigenvalue weighted by Gasteiger charge is -2.30. The predicted octanol–water partition coefficient (Wildman–Crippen LogP) is 5.78. The van der Waals surface area contributed by atoms with Crippen molar-refractivity contribution in [2.45, 2.75) is 49.8 Å². The fraction of sp³-hybridized carbons (Fsp3) is 0.296. The van der Waals surface area contributed by atoms with E-state index in [1.165, 1.54) is 0 Å². The summed E-state index contributed by atoms with van der Waals surface area (Å²) in [5, 5.41) is 10.7. The average molecular weight is 500 g/mol. The van der Waals surface area contributed by atoms with Gasteiger partial charge in [-0.1, -0.05) is 18.6 Å². The first-order valence-corrected chi connectivity index (χ1v) is 13.7. The molecule has 2 aliphatic carbocycles. The molecular weight excluding hydrogens is 474 g/mol. The first-order chi connectivity index (χ1) is 17.5. The van der Waals surface area contributed by atoms with Crippen LogP contribution in [0.1, 0.15) is 50.1 Å². The van der Waals surface area contributed by atoms with Crippen molar-refractivity contribution in [3.05, 3.63) is 66.5 Å². The molecule has 0 bridgehead atoms. The molecule has 36 heavy (non-hydrogen) atoms. The summed E-state index contributed by atoms with van der Waals surface area (Å²) in [5.41, 5.74) is 3.80. The number of ether oxygens (including phenoxy) is 1. The van der Waals surface area contributed by atoms with E-state index in [4.69, 9.17) is 4.74 Å². The number of sulfonamides is 1. The molecule has 2 fully saturated rings. The van der Waals surface area contributed by atoms with Crippen molar-refractivity contribution in [3.8, 4) is 29.1 Å². The SMILES string of the molecule is N#Cc1c(-c2ccc(NS(=O)(=O)C3CCC3)cc2)n(C2CCC2)c2ccc(Oc3ncccn3)cc12. The topological polar surface area (TPSA) is 110 Å². The zero-order valence-electron chi connectivity index (χ0n) is 19.6. The van der Waals surface area contributed by atoms with Crippen LogP contribution >= 0.6 is 0 Å². The summed E-state index contributed by atoms with van der Waals surface area (Å²) in [6.07, 6.45) is 8.86. The molecule has 2 aromatic carbocycles. The largest absolute Gasteiger partial charge is 0.424 e. The van der Waals surface area contributed by atoms with E-state index in [0.717, 1.165) is 47.8 Å². The molecule has 2 saturated carbocycles. The maximum absolute atomic E-state index is 12.5. The summed E-state index contributed by atoms with van der Waals surface area (Å²) < 4.78 is 35.9. The average Bonchev–Trinajstić information content (AvgIpc) is 3.10. The van der Waals surface area contributed by atoms with Gasteiger partial charge in [0.25, 0.3) is 0 Å². The number of nitrogens with zero attached hydrogens (tertiary/aromatic N) is 4. The second-order valence-electron chi connectivity index (χ2n) is 9.38. The Morgan fingerprint density at radius 2 is 1.72 bits per heavy atom. The van der Waals surface area contributed by atoms with Crippen molar-refractivity contribution in [1.82, 2.24) is 14.5 Å². The van der Waals surface area contributed by atoms with Gasteiger partial charge in [0, 0.05) is 29.5 Å². The lowest BCUT2D eigenvalue weighted by Crippen LogP contribution is -2.33. The standard InChI is InChI=1S/C27H25N5O3S/c28-17-24-23-16-21(35-27-29-14-3-15-30-27)12-13-25(23)32(20-4-1-5-20)26(24)18-8-10-19(11-9-18)31-36(33,34)22-6-2-7-22/h3,8-16,20,22,31H,1-2,4-7H2. The van der Waals surface area contributed by atoms with Gasteiger partial charge in [-0.25, -0.2) is 18.4 Å². The van der Waals surface area contributed by atoms with Crippen LogP contribution in [0.5, 0.6) is 11.8 Å². The monoisotopic (exact) mass is 499 g/mol. The Morgan fingerprint density at radius 3 is 2.33 bits per heavy atom. The first kappa shape index (κ1) is 22.6. The van der Waals surface area contributed by atoms with Crippen LogP contribution in [-0.4, -0.2) is 28.2 Å². The van der Waals surface area contributed by atoms with Crippen LogP contribution in [0.4, 0.5) is 5.69 Å². The van der Waals surface area contributed by atoms with E-state index in [-0.39, 0.29) is 11.3 Å². The van der Waals surface area contributed by atoms with E-state index in [0.29, 0.717) is 35.9 Å². The Labute approximate surface area is 209 Å². The second-order valence-corrected chi connectivity index (χ2v) is 11.3. The maximum Gasteiger partial charge on any atom is 0.321 e. The van der Waals surface area contributed by atoms with Gasteiger partial charge in [-0.2, -0.15) is 5.26 Å². The van der Waals surface area contributed by atoms with Gasteiger partial charge in [0.15, 0.2) is 0 Å².